The Hall–Kier alpha value is -1.42. The van der Waals surface area contributed by atoms with Gasteiger partial charge in [-0.25, -0.2) is 5.10 Å². The van der Waals surface area contributed by atoms with Crippen LogP contribution in [-0.4, -0.2) is 27.7 Å². The van der Waals surface area contributed by atoms with Gasteiger partial charge in [0.1, 0.15) is 0 Å². The standard InChI is InChI=1S/C15H21N3O/c19-15-10-12-11-18(9-8-14(12)16-17-15)13-6-4-2-1-3-5-7-13/h4,6,10,13H,1-3,5,7-9,11H2,(H,17,19). The van der Waals surface area contributed by atoms with Crippen LogP contribution in [0.3, 0.4) is 0 Å². The van der Waals surface area contributed by atoms with Gasteiger partial charge < -0.3 is 0 Å². The second kappa shape index (κ2) is 5.70. The quantitative estimate of drug-likeness (QED) is 0.785. The number of aromatic amines is 1. The fourth-order valence-corrected chi connectivity index (χ4v) is 3.10. The van der Waals surface area contributed by atoms with Gasteiger partial charge in [0, 0.05) is 31.6 Å². The van der Waals surface area contributed by atoms with E-state index in [1.54, 1.807) is 6.07 Å². The highest BCUT2D eigenvalue weighted by atomic mass is 16.1. The maximum Gasteiger partial charge on any atom is 0.264 e. The summed E-state index contributed by atoms with van der Waals surface area (Å²) in [6.45, 7) is 1.91. The Bertz CT molecular complexity index is 520. The van der Waals surface area contributed by atoms with Crippen LogP contribution in [0.4, 0.5) is 0 Å². The number of nitrogens with one attached hydrogen (secondary N) is 1. The molecule has 0 radical (unpaired) electrons. The van der Waals surface area contributed by atoms with Crippen LogP contribution in [0.1, 0.15) is 43.4 Å². The van der Waals surface area contributed by atoms with Crippen LogP contribution >= 0.6 is 0 Å². The first-order valence-electron chi connectivity index (χ1n) is 7.31. The molecule has 102 valence electrons. The predicted molar refractivity (Wildman–Crippen MR) is 75.0 cm³/mol. The molecular formula is C15H21N3O. The molecule has 1 unspecified atom stereocenters. The Morgan fingerprint density at radius 3 is 3.21 bits per heavy atom. The summed E-state index contributed by atoms with van der Waals surface area (Å²) in [4.78, 5) is 13.9. The minimum Gasteiger partial charge on any atom is -0.292 e. The van der Waals surface area contributed by atoms with Crippen molar-refractivity contribution in [2.45, 2.75) is 51.1 Å². The third-order valence-corrected chi connectivity index (χ3v) is 4.18. The first-order valence-corrected chi connectivity index (χ1v) is 7.31. The van der Waals surface area contributed by atoms with Crippen molar-refractivity contribution >= 4 is 0 Å². The molecule has 1 aliphatic heterocycles. The Kier molecular flexibility index (Phi) is 3.78. The van der Waals surface area contributed by atoms with Crippen molar-refractivity contribution < 1.29 is 0 Å². The normalized spacial score (nSPS) is 24.5. The van der Waals surface area contributed by atoms with E-state index in [-0.39, 0.29) is 5.56 Å². The molecule has 4 nitrogen and oxygen atoms in total. The first-order chi connectivity index (χ1) is 9.33. The van der Waals surface area contributed by atoms with Gasteiger partial charge in [0.05, 0.1) is 5.69 Å². The van der Waals surface area contributed by atoms with Gasteiger partial charge >= 0.3 is 0 Å². The van der Waals surface area contributed by atoms with Gasteiger partial charge in [-0.3, -0.25) is 9.69 Å². The molecule has 1 aliphatic carbocycles. The van der Waals surface area contributed by atoms with E-state index in [0.717, 1.165) is 30.8 Å². The van der Waals surface area contributed by atoms with Crippen LogP contribution in [-0.2, 0) is 13.0 Å². The van der Waals surface area contributed by atoms with Crippen molar-refractivity contribution in [3.8, 4) is 0 Å². The summed E-state index contributed by atoms with van der Waals surface area (Å²) in [6.07, 6.45) is 12.1. The highest BCUT2D eigenvalue weighted by Gasteiger charge is 2.23. The summed E-state index contributed by atoms with van der Waals surface area (Å²) in [6, 6.07) is 2.24. The number of H-pyrrole nitrogens is 1. The zero-order valence-corrected chi connectivity index (χ0v) is 11.3. The zero-order chi connectivity index (χ0) is 13.1. The van der Waals surface area contributed by atoms with Gasteiger partial charge in [-0.1, -0.05) is 25.0 Å². The smallest absolute Gasteiger partial charge is 0.264 e. The number of rotatable bonds is 1. The van der Waals surface area contributed by atoms with Crippen LogP contribution in [0.25, 0.3) is 0 Å². The van der Waals surface area contributed by atoms with Crippen LogP contribution in [0.15, 0.2) is 23.0 Å². The van der Waals surface area contributed by atoms with Crippen molar-refractivity contribution in [1.29, 1.82) is 0 Å². The van der Waals surface area contributed by atoms with E-state index < -0.39 is 0 Å². The van der Waals surface area contributed by atoms with Crippen molar-refractivity contribution in [3.05, 3.63) is 39.8 Å². The average Bonchev–Trinajstić information content (AvgIpc) is 2.37. The van der Waals surface area contributed by atoms with Crippen LogP contribution in [0.2, 0.25) is 0 Å². The van der Waals surface area contributed by atoms with Gasteiger partial charge in [0.15, 0.2) is 0 Å². The van der Waals surface area contributed by atoms with Gasteiger partial charge in [0.2, 0.25) is 0 Å². The van der Waals surface area contributed by atoms with Crippen molar-refractivity contribution in [2.24, 2.45) is 0 Å². The Morgan fingerprint density at radius 2 is 2.26 bits per heavy atom. The van der Waals surface area contributed by atoms with Gasteiger partial charge in [-0.2, -0.15) is 5.10 Å². The fourth-order valence-electron chi connectivity index (χ4n) is 3.10. The molecule has 1 aromatic heterocycles. The summed E-state index contributed by atoms with van der Waals surface area (Å²) >= 11 is 0. The third-order valence-electron chi connectivity index (χ3n) is 4.18. The molecule has 0 amide bonds. The molecule has 1 aromatic rings. The lowest BCUT2D eigenvalue weighted by molar-refractivity contribution is 0.195. The van der Waals surface area contributed by atoms with Crippen molar-refractivity contribution in [2.75, 3.05) is 6.54 Å². The van der Waals surface area contributed by atoms with E-state index in [9.17, 15) is 4.79 Å². The average molecular weight is 259 g/mol. The predicted octanol–water partition coefficient (Wildman–Crippen LogP) is 2.02. The summed E-state index contributed by atoms with van der Waals surface area (Å²) < 4.78 is 0. The molecule has 3 rings (SSSR count). The lowest BCUT2D eigenvalue weighted by atomic mass is 9.98. The summed E-state index contributed by atoms with van der Waals surface area (Å²) in [5.41, 5.74) is 2.07. The highest BCUT2D eigenvalue weighted by Crippen LogP contribution is 2.22. The third kappa shape index (κ3) is 2.95. The minimum absolute atomic E-state index is 0.0891. The van der Waals surface area contributed by atoms with E-state index >= 15 is 0 Å². The number of aromatic nitrogens is 2. The van der Waals surface area contributed by atoms with E-state index in [1.807, 2.05) is 0 Å². The zero-order valence-electron chi connectivity index (χ0n) is 11.3. The molecule has 0 spiro atoms. The number of fused-ring (bicyclic) bond motifs is 1. The summed E-state index contributed by atoms with van der Waals surface area (Å²) in [5.74, 6) is 0. The summed E-state index contributed by atoms with van der Waals surface area (Å²) in [5, 5.41) is 6.68. The molecular weight excluding hydrogens is 238 g/mol. The Morgan fingerprint density at radius 1 is 1.32 bits per heavy atom. The maximum atomic E-state index is 11.4. The fraction of sp³-hybridized carbons (Fsp3) is 0.600. The van der Waals surface area contributed by atoms with Crippen LogP contribution in [0.5, 0.6) is 0 Å². The molecule has 0 bridgehead atoms. The van der Waals surface area contributed by atoms with Gasteiger partial charge in [-0.05, 0) is 24.8 Å². The number of nitrogens with zero attached hydrogens (tertiary/aromatic N) is 2. The Balaban J connectivity index is 1.76. The van der Waals surface area contributed by atoms with E-state index in [2.05, 4.69) is 27.2 Å². The van der Waals surface area contributed by atoms with Crippen LogP contribution in [0, 0.1) is 0 Å². The molecule has 0 fully saturated rings. The molecule has 1 atom stereocenters. The van der Waals surface area contributed by atoms with Crippen molar-refractivity contribution in [3.63, 3.8) is 0 Å². The SMILES string of the molecule is O=c1cc2c(n[nH]1)CCN(C1C=CCCCCC1)C2. The second-order valence-electron chi connectivity index (χ2n) is 5.56. The molecule has 0 saturated carbocycles. The summed E-state index contributed by atoms with van der Waals surface area (Å²) in [7, 11) is 0. The second-order valence-corrected chi connectivity index (χ2v) is 5.56. The minimum atomic E-state index is -0.0891. The topological polar surface area (TPSA) is 49.0 Å². The Labute approximate surface area is 113 Å². The van der Waals surface area contributed by atoms with Gasteiger partial charge in [-0.15, -0.1) is 0 Å². The molecule has 19 heavy (non-hydrogen) atoms. The number of allylic oxidation sites excluding steroid dienone is 1. The number of hydrogen-bond donors (Lipinski definition) is 1. The van der Waals surface area contributed by atoms with Crippen LogP contribution < -0.4 is 5.56 Å². The molecule has 1 N–H and O–H groups in total. The molecule has 2 heterocycles. The maximum absolute atomic E-state index is 11.4. The molecule has 0 saturated heterocycles. The first kappa shape index (κ1) is 12.6. The van der Waals surface area contributed by atoms with E-state index in [1.165, 1.54) is 32.1 Å². The highest BCUT2D eigenvalue weighted by molar-refractivity contribution is 5.21. The molecule has 2 aliphatic rings. The van der Waals surface area contributed by atoms with E-state index in [0.29, 0.717) is 6.04 Å². The van der Waals surface area contributed by atoms with Gasteiger partial charge in [0.25, 0.3) is 5.56 Å². The lowest BCUT2D eigenvalue weighted by Gasteiger charge is -2.34. The van der Waals surface area contributed by atoms with Crippen molar-refractivity contribution in [1.82, 2.24) is 15.1 Å². The monoisotopic (exact) mass is 259 g/mol. The molecule has 4 heteroatoms. The lowest BCUT2D eigenvalue weighted by Crippen LogP contribution is -2.39. The van der Waals surface area contributed by atoms with E-state index in [4.69, 9.17) is 0 Å². The largest absolute Gasteiger partial charge is 0.292 e. The number of hydrogen-bond acceptors (Lipinski definition) is 3. The molecule has 0 aromatic carbocycles.